The SMILES string of the molecule is CSc1cc(C(=O)NNc2ccc(C#N)cc2C(F)(F)F)ccc1F. The lowest BCUT2D eigenvalue weighted by atomic mass is 10.1. The van der Waals surface area contributed by atoms with Gasteiger partial charge in [0.15, 0.2) is 0 Å². The van der Waals surface area contributed by atoms with Crippen molar-refractivity contribution in [2.45, 2.75) is 11.1 Å². The Hall–Kier alpha value is -2.73. The van der Waals surface area contributed by atoms with Crippen molar-refractivity contribution in [3.8, 4) is 6.07 Å². The van der Waals surface area contributed by atoms with Gasteiger partial charge < -0.3 is 0 Å². The van der Waals surface area contributed by atoms with Gasteiger partial charge in [0.1, 0.15) is 5.82 Å². The molecule has 1 amide bonds. The number of nitriles is 1. The van der Waals surface area contributed by atoms with E-state index in [1.807, 2.05) is 0 Å². The topological polar surface area (TPSA) is 64.9 Å². The number of amides is 1. The van der Waals surface area contributed by atoms with Crippen molar-refractivity contribution in [2.24, 2.45) is 0 Å². The fraction of sp³-hybridized carbons (Fsp3) is 0.125. The molecule has 0 atom stereocenters. The van der Waals surface area contributed by atoms with Crippen LogP contribution in [0.25, 0.3) is 0 Å². The van der Waals surface area contributed by atoms with Gasteiger partial charge in [-0.25, -0.2) is 4.39 Å². The van der Waals surface area contributed by atoms with Crippen LogP contribution in [-0.2, 0) is 6.18 Å². The number of nitrogens with one attached hydrogen (secondary N) is 2. The molecule has 2 aromatic rings. The Morgan fingerprint density at radius 3 is 2.52 bits per heavy atom. The third-order valence-corrected chi connectivity index (χ3v) is 3.93. The van der Waals surface area contributed by atoms with Crippen molar-refractivity contribution in [3.05, 3.63) is 58.9 Å². The molecule has 2 N–H and O–H groups in total. The molecule has 0 saturated carbocycles. The van der Waals surface area contributed by atoms with E-state index in [0.29, 0.717) is 6.07 Å². The molecule has 0 aliphatic heterocycles. The summed E-state index contributed by atoms with van der Waals surface area (Å²) < 4.78 is 52.6. The summed E-state index contributed by atoms with van der Waals surface area (Å²) in [7, 11) is 0. The highest BCUT2D eigenvalue weighted by atomic mass is 32.2. The van der Waals surface area contributed by atoms with Crippen molar-refractivity contribution in [1.82, 2.24) is 5.43 Å². The van der Waals surface area contributed by atoms with Gasteiger partial charge in [0.05, 0.1) is 22.9 Å². The van der Waals surface area contributed by atoms with Gasteiger partial charge >= 0.3 is 6.18 Å². The summed E-state index contributed by atoms with van der Waals surface area (Å²) in [6, 6.07) is 8.14. The van der Waals surface area contributed by atoms with Crippen LogP contribution in [0.3, 0.4) is 0 Å². The molecule has 9 heteroatoms. The molecule has 0 fully saturated rings. The van der Waals surface area contributed by atoms with Gasteiger partial charge in [-0.15, -0.1) is 11.8 Å². The minimum atomic E-state index is -4.71. The molecule has 0 bridgehead atoms. The number of nitrogens with zero attached hydrogens (tertiary/aromatic N) is 1. The first-order valence-electron chi connectivity index (χ1n) is 6.77. The van der Waals surface area contributed by atoms with Crippen LogP contribution >= 0.6 is 11.8 Å². The van der Waals surface area contributed by atoms with E-state index in [4.69, 9.17) is 5.26 Å². The second-order valence-electron chi connectivity index (χ2n) is 4.80. The Bertz CT molecular complexity index is 846. The minimum absolute atomic E-state index is 0.0838. The summed E-state index contributed by atoms with van der Waals surface area (Å²) in [4.78, 5) is 12.3. The van der Waals surface area contributed by atoms with Crippen LogP contribution in [0.15, 0.2) is 41.3 Å². The van der Waals surface area contributed by atoms with Crippen LogP contribution in [0.5, 0.6) is 0 Å². The molecule has 0 radical (unpaired) electrons. The second kappa shape index (κ2) is 7.44. The smallest absolute Gasteiger partial charge is 0.298 e. The number of hydrogen-bond donors (Lipinski definition) is 2. The molecule has 0 spiro atoms. The lowest BCUT2D eigenvalue weighted by Gasteiger charge is -2.15. The predicted molar refractivity (Wildman–Crippen MR) is 85.4 cm³/mol. The van der Waals surface area contributed by atoms with E-state index >= 15 is 0 Å². The molecule has 0 aromatic heterocycles. The standard InChI is InChI=1S/C16H11F4N3OS/c1-25-14-7-10(3-4-12(14)17)15(24)23-22-13-5-2-9(8-21)6-11(13)16(18,19)20/h2-7,22H,1H3,(H,23,24). The number of anilines is 1. The minimum Gasteiger partial charge on any atom is -0.298 e. The summed E-state index contributed by atoms with van der Waals surface area (Å²) in [6.07, 6.45) is -3.08. The van der Waals surface area contributed by atoms with E-state index in [1.165, 1.54) is 18.2 Å². The first kappa shape index (κ1) is 18.6. The number of carbonyl (C=O) groups excluding carboxylic acids is 1. The molecule has 0 aliphatic carbocycles. The number of thioether (sulfide) groups is 1. The zero-order valence-corrected chi connectivity index (χ0v) is 13.6. The number of carbonyl (C=O) groups is 1. The van der Waals surface area contributed by atoms with Crippen molar-refractivity contribution in [1.29, 1.82) is 5.26 Å². The average Bonchev–Trinajstić information content (AvgIpc) is 2.59. The summed E-state index contributed by atoms with van der Waals surface area (Å²) in [5.74, 6) is -1.23. The van der Waals surface area contributed by atoms with Gasteiger partial charge in [0.25, 0.3) is 5.91 Å². The molecule has 0 heterocycles. The third kappa shape index (κ3) is 4.42. The lowest BCUT2D eigenvalue weighted by molar-refractivity contribution is -0.137. The van der Waals surface area contributed by atoms with Gasteiger partial charge in [-0.1, -0.05) is 0 Å². The Labute approximate surface area is 144 Å². The largest absolute Gasteiger partial charge is 0.418 e. The Kier molecular flexibility index (Phi) is 5.54. The van der Waals surface area contributed by atoms with Crippen molar-refractivity contribution >= 4 is 23.4 Å². The molecule has 0 unspecified atom stereocenters. The van der Waals surface area contributed by atoms with Crippen molar-refractivity contribution < 1.29 is 22.4 Å². The van der Waals surface area contributed by atoms with Crippen LogP contribution in [0.2, 0.25) is 0 Å². The molecule has 0 aliphatic rings. The maximum Gasteiger partial charge on any atom is 0.418 e. The van der Waals surface area contributed by atoms with E-state index in [2.05, 4.69) is 10.9 Å². The number of hydrogen-bond acceptors (Lipinski definition) is 4. The molecule has 25 heavy (non-hydrogen) atoms. The summed E-state index contributed by atoms with van der Waals surface area (Å²) in [5, 5.41) is 8.72. The first-order valence-corrected chi connectivity index (χ1v) is 8.00. The fourth-order valence-corrected chi connectivity index (χ4v) is 2.46. The second-order valence-corrected chi connectivity index (χ2v) is 5.65. The van der Waals surface area contributed by atoms with E-state index in [1.54, 1.807) is 12.3 Å². The van der Waals surface area contributed by atoms with Crippen LogP contribution in [0.4, 0.5) is 23.2 Å². The molecule has 2 aromatic carbocycles. The molecule has 2 rings (SSSR count). The van der Waals surface area contributed by atoms with Crippen LogP contribution in [0.1, 0.15) is 21.5 Å². The summed E-state index contributed by atoms with van der Waals surface area (Å²) in [5.41, 5.74) is 2.75. The molecular formula is C16H11F4N3OS. The maximum absolute atomic E-state index is 13.4. The predicted octanol–water partition coefficient (Wildman–Crippen LogP) is 4.19. The molecule has 0 saturated heterocycles. The normalized spacial score (nSPS) is 10.9. The summed E-state index contributed by atoms with van der Waals surface area (Å²) >= 11 is 1.10. The van der Waals surface area contributed by atoms with Gasteiger partial charge in [0.2, 0.25) is 0 Å². The number of alkyl halides is 3. The van der Waals surface area contributed by atoms with Gasteiger partial charge in [0, 0.05) is 10.5 Å². The molecule has 4 nitrogen and oxygen atoms in total. The van der Waals surface area contributed by atoms with Crippen LogP contribution in [-0.4, -0.2) is 12.2 Å². The number of hydrazine groups is 1. The lowest BCUT2D eigenvalue weighted by Crippen LogP contribution is -2.30. The maximum atomic E-state index is 13.4. The zero-order valence-electron chi connectivity index (χ0n) is 12.7. The highest BCUT2D eigenvalue weighted by molar-refractivity contribution is 7.98. The Balaban J connectivity index is 2.21. The van der Waals surface area contributed by atoms with Gasteiger partial charge in [-0.3, -0.25) is 15.6 Å². The fourth-order valence-electron chi connectivity index (χ4n) is 1.95. The van der Waals surface area contributed by atoms with Crippen molar-refractivity contribution in [3.63, 3.8) is 0 Å². The highest BCUT2D eigenvalue weighted by Gasteiger charge is 2.34. The van der Waals surface area contributed by atoms with Crippen LogP contribution in [0, 0.1) is 17.1 Å². The Morgan fingerprint density at radius 1 is 1.20 bits per heavy atom. The first-order chi connectivity index (χ1) is 11.8. The molecule has 130 valence electrons. The van der Waals surface area contributed by atoms with Gasteiger partial charge in [-0.05, 0) is 42.7 Å². The highest BCUT2D eigenvalue weighted by Crippen LogP contribution is 2.35. The van der Waals surface area contributed by atoms with Crippen molar-refractivity contribution in [2.75, 3.05) is 11.7 Å². The van der Waals surface area contributed by atoms with E-state index in [-0.39, 0.29) is 16.0 Å². The van der Waals surface area contributed by atoms with E-state index in [9.17, 15) is 22.4 Å². The summed E-state index contributed by atoms with van der Waals surface area (Å²) in [6.45, 7) is 0. The zero-order chi connectivity index (χ0) is 18.6. The van der Waals surface area contributed by atoms with Gasteiger partial charge in [-0.2, -0.15) is 18.4 Å². The monoisotopic (exact) mass is 369 g/mol. The number of rotatable bonds is 4. The quantitative estimate of drug-likeness (QED) is 0.482. The average molecular weight is 369 g/mol. The van der Waals surface area contributed by atoms with E-state index in [0.717, 1.165) is 23.9 Å². The molecular weight excluding hydrogens is 358 g/mol. The van der Waals surface area contributed by atoms with E-state index < -0.39 is 29.2 Å². The number of benzene rings is 2. The van der Waals surface area contributed by atoms with Crippen LogP contribution < -0.4 is 10.9 Å². The number of halogens is 4. The Morgan fingerprint density at radius 2 is 1.92 bits per heavy atom. The third-order valence-electron chi connectivity index (χ3n) is 3.18.